The Balaban J connectivity index is 0.000000281. The fourth-order valence-corrected chi connectivity index (χ4v) is 1.42. The summed E-state index contributed by atoms with van der Waals surface area (Å²) in [5.74, 6) is -0.682. The summed E-state index contributed by atoms with van der Waals surface area (Å²) in [6.07, 6.45) is 3.28. The second kappa shape index (κ2) is 9.49. The molecule has 0 atom stereocenters. The Kier molecular flexibility index (Phi) is 9.06. The highest BCUT2D eigenvalue weighted by atomic mass is 35.5. The molecule has 0 aliphatic heterocycles. The average molecular weight is 263 g/mol. The number of unbranched alkanes of at least 4 members (excludes halogenated alkanes) is 2. The fraction of sp³-hybridized carbons (Fsp3) is 0.417. The van der Waals surface area contributed by atoms with Gasteiger partial charge in [-0.25, -0.2) is 0 Å². The van der Waals surface area contributed by atoms with E-state index in [0.29, 0.717) is 16.5 Å². The third kappa shape index (κ3) is 9.81. The van der Waals surface area contributed by atoms with Gasteiger partial charge in [0.1, 0.15) is 0 Å². The topological polar surface area (TPSA) is 37.3 Å². The van der Waals surface area contributed by atoms with Crippen LogP contribution >= 0.6 is 23.2 Å². The van der Waals surface area contributed by atoms with Gasteiger partial charge in [-0.3, -0.25) is 4.79 Å². The van der Waals surface area contributed by atoms with Gasteiger partial charge in [0.15, 0.2) is 0 Å². The summed E-state index contributed by atoms with van der Waals surface area (Å²) in [6.45, 7) is 2.06. The van der Waals surface area contributed by atoms with Crippen molar-refractivity contribution in [3.05, 3.63) is 34.3 Å². The Morgan fingerprint density at radius 2 is 1.81 bits per heavy atom. The zero-order valence-corrected chi connectivity index (χ0v) is 10.8. The van der Waals surface area contributed by atoms with E-state index in [2.05, 4.69) is 6.92 Å². The maximum atomic E-state index is 9.87. The monoisotopic (exact) mass is 262 g/mol. The molecule has 0 aromatic heterocycles. The molecule has 0 saturated carbocycles. The molecule has 4 heteroatoms. The molecule has 1 aromatic rings. The second-order valence-corrected chi connectivity index (χ2v) is 4.16. The van der Waals surface area contributed by atoms with Crippen molar-refractivity contribution in [1.29, 1.82) is 0 Å². The van der Waals surface area contributed by atoms with Gasteiger partial charge in [-0.15, -0.1) is 0 Å². The smallest absolute Gasteiger partial charge is 0.303 e. The summed E-state index contributed by atoms with van der Waals surface area (Å²) < 4.78 is 0. The number of halogens is 2. The largest absolute Gasteiger partial charge is 0.481 e. The standard InChI is InChI=1S/C6H4Cl2.C6H12O2/c7-5-2-1-3-6(8)4-5;1-2-3-4-5-6(7)8/h1-4H;2-5H2,1H3,(H,7,8). The Labute approximate surface area is 106 Å². The van der Waals surface area contributed by atoms with E-state index >= 15 is 0 Å². The molecule has 90 valence electrons. The Hall–Kier alpha value is -0.730. The van der Waals surface area contributed by atoms with Crippen molar-refractivity contribution in [2.45, 2.75) is 32.6 Å². The van der Waals surface area contributed by atoms with E-state index in [1.165, 1.54) is 0 Å². The molecule has 0 heterocycles. The van der Waals surface area contributed by atoms with Crippen LogP contribution in [-0.2, 0) is 4.79 Å². The van der Waals surface area contributed by atoms with Crippen LogP contribution in [0.5, 0.6) is 0 Å². The summed E-state index contributed by atoms with van der Waals surface area (Å²) in [7, 11) is 0. The van der Waals surface area contributed by atoms with E-state index in [1.54, 1.807) is 18.2 Å². The van der Waals surface area contributed by atoms with Gasteiger partial charge in [0, 0.05) is 16.5 Å². The van der Waals surface area contributed by atoms with Crippen LogP contribution in [0.4, 0.5) is 0 Å². The molecule has 0 radical (unpaired) electrons. The van der Waals surface area contributed by atoms with Crippen molar-refractivity contribution in [2.24, 2.45) is 0 Å². The van der Waals surface area contributed by atoms with Crippen LogP contribution in [0.3, 0.4) is 0 Å². The maximum absolute atomic E-state index is 9.87. The molecular formula is C12H16Cl2O2. The zero-order chi connectivity index (χ0) is 12.4. The summed E-state index contributed by atoms with van der Waals surface area (Å²) in [5.41, 5.74) is 0. The summed E-state index contributed by atoms with van der Waals surface area (Å²) in [6, 6.07) is 7.08. The first-order valence-corrected chi connectivity index (χ1v) is 5.94. The van der Waals surface area contributed by atoms with Crippen LogP contribution in [0, 0.1) is 0 Å². The lowest BCUT2D eigenvalue weighted by molar-refractivity contribution is -0.137. The number of rotatable bonds is 4. The highest BCUT2D eigenvalue weighted by molar-refractivity contribution is 6.34. The minimum absolute atomic E-state index is 0.327. The molecule has 0 bridgehead atoms. The lowest BCUT2D eigenvalue weighted by Gasteiger charge is -1.89. The van der Waals surface area contributed by atoms with Gasteiger partial charge >= 0.3 is 5.97 Å². The number of hydrogen-bond donors (Lipinski definition) is 1. The van der Waals surface area contributed by atoms with Gasteiger partial charge in [0.05, 0.1) is 0 Å². The number of carboxylic acid groups (broad SMARTS) is 1. The van der Waals surface area contributed by atoms with Gasteiger partial charge < -0.3 is 5.11 Å². The normalized spacial score (nSPS) is 9.19. The average Bonchev–Trinajstić information content (AvgIpc) is 2.18. The molecule has 0 amide bonds. The molecular weight excluding hydrogens is 247 g/mol. The first-order chi connectivity index (χ1) is 7.56. The molecule has 0 spiro atoms. The first kappa shape index (κ1) is 15.3. The lowest BCUT2D eigenvalue weighted by atomic mass is 10.2. The third-order valence-corrected chi connectivity index (χ3v) is 2.25. The SMILES string of the molecule is CCCCCC(=O)O.Clc1cccc(Cl)c1. The Bertz CT molecular complexity index is 296. The van der Waals surface area contributed by atoms with E-state index in [-0.39, 0.29) is 0 Å². The van der Waals surface area contributed by atoms with Gasteiger partial charge in [0.2, 0.25) is 0 Å². The van der Waals surface area contributed by atoms with Gasteiger partial charge in [-0.05, 0) is 24.6 Å². The van der Waals surface area contributed by atoms with Crippen molar-refractivity contribution in [3.8, 4) is 0 Å². The molecule has 1 rings (SSSR count). The van der Waals surface area contributed by atoms with Crippen LogP contribution in [0.2, 0.25) is 10.0 Å². The van der Waals surface area contributed by atoms with Gasteiger partial charge in [-0.2, -0.15) is 0 Å². The zero-order valence-electron chi connectivity index (χ0n) is 9.25. The highest BCUT2D eigenvalue weighted by Gasteiger charge is 1.92. The number of aliphatic carboxylic acids is 1. The number of carbonyl (C=O) groups is 1. The molecule has 16 heavy (non-hydrogen) atoms. The molecule has 1 aromatic carbocycles. The molecule has 1 N–H and O–H groups in total. The van der Waals surface area contributed by atoms with E-state index in [9.17, 15) is 4.79 Å². The molecule has 0 unspecified atom stereocenters. The minimum atomic E-state index is -0.682. The molecule has 0 aliphatic carbocycles. The van der Waals surface area contributed by atoms with Gasteiger partial charge in [-0.1, -0.05) is 49.0 Å². The first-order valence-electron chi connectivity index (χ1n) is 5.19. The maximum Gasteiger partial charge on any atom is 0.303 e. The lowest BCUT2D eigenvalue weighted by Crippen LogP contribution is -1.92. The van der Waals surface area contributed by atoms with Crippen molar-refractivity contribution >= 4 is 29.2 Å². The van der Waals surface area contributed by atoms with E-state index in [1.807, 2.05) is 6.07 Å². The quantitative estimate of drug-likeness (QED) is 0.803. The van der Waals surface area contributed by atoms with Crippen molar-refractivity contribution < 1.29 is 9.90 Å². The van der Waals surface area contributed by atoms with Crippen LogP contribution in [0.25, 0.3) is 0 Å². The molecule has 2 nitrogen and oxygen atoms in total. The van der Waals surface area contributed by atoms with Crippen LogP contribution < -0.4 is 0 Å². The summed E-state index contributed by atoms with van der Waals surface area (Å²) in [4.78, 5) is 9.87. The molecule has 0 aliphatic rings. The Morgan fingerprint density at radius 3 is 2.12 bits per heavy atom. The summed E-state index contributed by atoms with van der Waals surface area (Å²) >= 11 is 11.1. The molecule has 0 saturated heterocycles. The van der Waals surface area contributed by atoms with Crippen molar-refractivity contribution in [2.75, 3.05) is 0 Å². The second-order valence-electron chi connectivity index (χ2n) is 3.29. The number of benzene rings is 1. The van der Waals surface area contributed by atoms with Crippen molar-refractivity contribution in [3.63, 3.8) is 0 Å². The fourth-order valence-electron chi connectivity index (χ4n) is 0.986. The van der Waals surface area contributed by atoms with Crippen LogP contribution in [-0.4, -0.2) is 11.1 Å². The van der Waals surface area contributed by atoms with E-state index < -0.39 is 5.97 Å². The number of hydrogen-bond acceptors (Lipinski definition) is 1. The summed E-state index contributed by atoms with van der Waals surface area (Å²) in [5, 5.41) is 9.50. The highest BCUT2D eigenvalue weighted by Crippen LogP contribution is 2.13. The third-order valence-electron chi connectivity index (χ3n) is 1.78. The minimum Gasteiger partial charge on any atom is -0.481 e. The molecule has 0 fully saturated rings. The van der Waals surface area contributed by atoms with Crippen LogP contribution in [0.1, 0.15) is 32.6 Å². The van der Waals surface area contributed by atoms with Crippen molar-refractivity contribution in [1.82, 2.24) is 0 Å². The number of carboxylic acids is 1. The van der Waals surface area contributed by atoms with E-state index in [0.717, 1.165) is 19.3 Å². The van der Waals surface area contributed by atoms with Gasteiger partial charge in [0.25, 0.3) is 0 Å². The van der Waals surface area contributed by atoms with E-state index in [4.69, 9.17) is 28.3 Å². The predicted octanol–water partition coefficient (Wildman–Crippen LogP) is 4.64. The Morgan fingerprint density at radius 1 is 1.25 bits per heavy atom. The predicted molar refractivity (Wildman–Crippen MR) is 68.2 cm³/mol. The van der Waals surface area contributed by atoms with Crippen LogP contribution in [0.15, 0.2) is 24.3 Å².